The summed E-state index contributed by atoms with van der Waals surface area (Å²) in [6, 6.07) is 12.6. The molecule has 0 aliphatic carbocycles. The zero-order chi connectivity index (χ0) is 15.4. The third kappa shape index (κ3) is 4.32. The van der Waals surface area contributed by atoms with E-state index in [1.807, 2.05) is 18.2 Å². The highest BCUT2D eigenvalue weighted by Crippen LogP contribution is 2.26. The predicted molar refractivity (Wildman–Crippen MR) is 92.8 cm³/mol. The first-order valence-electron chi connectivity index (χ1n) is 6.37. The molecule has 2 rings (SSSR count). The minimum absolute atomic E-state index is 0.445. The monoisotopic (exact) mass is 321 g/mol. The molecule has 1 atom stereocenters. The number of aliphatic hydroxyl groups is 1. The van der Waals surface area contributed by atoms with Crippen LogP contribution in [0.4, 0.5) is 17.1 Å². The van der Waals surface area contributed by atoms with Gasteiger partial charge in [-0.05, 0) is 61.1 Å². The van der Waals surface area contributed by atoms with Gasteiger partial charge < -0.3 is 21.5 Å². The topological polar surface area (TPSA) is 70.3 Å². The van der Waals surface area contributed by atoms with Crippen LogP contribution in [0.2, 0.25) is 5.02 Å². The van der Waals surface area contributed by atoms with Gasteiger partial charge in [-0.15, -0.1) is 0 Å². The molecular weight excluding hydrogens is 306 g/mol. The van der Waals surface area contributed by atoms with E-state index in [2.05, 4.69) is 10.6 Å². The summed E-state index contributed by atoms with van der Waals surface area (Å²) in [5, 5.41) is 16.6. The quantitative estimate of drug-likeness (QED) is 0.511. The van der Waals surface area contributed by atoms with E-state index in [0.717, 1.165) is 11.4 Å². The van der Waals surface area contributed by atoms with Gasteiger partial charge in [-0.25, -0.2) is 0 Å². The predicted octanol–water partition coefficient (Wildman–Crippen LogP) is 3.78. The Bertz CT molecular complexity index is 644. The second kappa shape index (κ2) is 6.76. The number of hydrogen-bond acceptors (Lipinski definition) is 3. The van der Waals surface area contributed by atoms with Gasteiger partial charge in [0.05, 0.1) is 6.10 Å². The number of thiocarbonyl (C=S) groups is 1. The summed E-state index contributed by atoms with van der Waals surface area (Å²) in [7, 11) is 0. The molecule has 0 saturated carbocycles. The van der Waals surface area contributed by atoms with Crippen LogP contribution in [0.25, 0.3) is 0 Å². The number of benzene rings is 2. The van der Waals surface area contributed by atoms with E-state index in [4.69, 9.17) is 29.6 Å². The van der Waals surface area contributed by atoms with Crippen molar-refractivity contribution in [1.82, 2.24) is 0 Å². The molecule has 0 aromatic heterocycles. The van der Waals surface area contributed by atoms with Crippen molar-refractivity contribution in [3.05, 3.63) is 53.1 Å². The first-order valence-corrected chi connectivity index (χ1v) is 7.15. The zero-order valence-electron chi connectivity index (χ0n) is 11.4. The van der Waals surface area contributed by atoms with Gasteiger partial charge in [0, 0.05) is 22.1 Å². The summed E-state index contributed by atoms with van der Waals surface area (Å²) >= 11 is 11.3. The van der Waals surface area contributed by atoms with E-state index in [-0.39, 0.29) is 0 Å². The van der Waals surface area contributed by atoms with Crippen molar-refractivity contribution in [2.75, 3.05) is 16.4 Å². The summed E-state index contributed by atoms with van der Waals surface area (Å²) < 4.78 is 0. The minimum Gasteiger partial charge on any atom is -0.399 e. The fourth-order valence-electron chi connectivity index (χ4n) is 1.80. The summed E-state index contributed by atoms with van der Waals surface area (Å²) in [5.74, 6) is 0. The molecule has 0 radical (unpaired) electrons. The number of halogens is 1. The molecule has 0 bridgehead atoms. The highest BCUT2D eigenvalue weighted by Gasteiger charge is 2.07. The molecule has 0 fully saturated rings. The lowest BCUT2D eigenvalue weighted by atomic mass is 10.1. The Morgan fingerprint density at radius 1 is 1.14 bits per heavy atom. The van der Waals surface area contributed by atoms with Gasteiger partial charge in [0.15, 0.2) is 5.11 Å². The van der Waals surface area contributed by atoms with E-state index in [0.29, 0.717) is 21.4 Å². The standard InChI is InChI=1S/C15H16ClN3OS/c1-9(20)13-7-6-12(8-14(13)16)19-15(21)18-11-4-2-10(17)3-5-11/h2-9,20H,17H2,1H3,(H2,18,19,21). The van der Waals surface area contributed by atoms with Crippen molar-refractivity contribution in [2.24, 2.45) is 0 Å². The molecule has 110 valence electrons. The summed E-state index contributed by atoms with van der Waals surface area (Å²) in [6.45, 7) is 1.67. The van der Waals surface area contributed by atoms with Crippen LogP contribution >= 0.6 is 23.8 Å². The molecule has 1 unspecified atom stereocenters. The van der Waals surface area contributed by atoms with Crippen molar-refractivity contribution in [2.45, 2.75) is 13.0 Å². The van der Waals surface area contributed by atoms with Crippen molar-refractivity contribution in [1.29, 1.82) is 0 Å². The molecule has 0 aliphatic rings. The Morgan fingerprint density at radius 3 is 2.29 bits per heavy atom. The first kappa shape index (κ1) is 15.6. The van der Waals surface area contributed by atoms with Crippen molar-refractivity contribution in [3.63, 3.8) is 0 Å². The normalized spacial score (nSPS) is 11.8. The molecule has 6 heteroatoms. The Hall–Kier alpha value is -1.82. The number of nitrogens with one attached hydrogen (secondary N) is 2. The second-order valence-corrected chi connectivity index (χ2v) is 5.43. The van der Waals surface area contributed by atoms with Gasteiger partial charge in [0.25, 0.3) is 0 Å². The second-order valence-electron chi connectivity index (χ2n) is 4.61. The summed E-state index contributed by atoms with van der Waals surface area (Å²) in [6.07, 6.45) is -0.605. The summed E-state index contributed by atoms with van der Waals surface area (Å²) in [4.78, 5) is 0. The lowest BCUT2D eigenvalue weighted by Gasteiger charge is -2.13. The van der Waals surface area contributed by atoms with Crippen LogP contribution in [0, 0.1) is 0 Å². The summed E-state index contributed by atoms with van der Waals surface area (Å²) in [5.41, 5.74) is 8.59. The average molecular weight is 322 g/mol. The third-order valence-corrected chi connectivity index (χ3v) is 3.41. The fraction of sp³-hybridized carbons (Fsp3) is 0.133. The van der Waals surface area contributed by atoms with Crippen molar-refractivity contribution < 1.29 is 5.11 Å². The van der Waals surface area contributed by atoms with Crippen LogP contribution in [-0.2, 0) is 0 Å². The fourth-order valence-corrected chi connectivity index (χ4v) is 2.38. The van der Waals surface area contributed by atoms with Gasteiger partial charge in [-0.2, -0.15) is 0 Å². The Kier molecular flexibility index (Phi) is 5.01. The molecular formula is C15H16ClN3OS. The number of rotatable bonds is 3. The average Bonchev–Trinajstić information content (AvgIpc) is 2.41. The Morgan fingerprint density at radius 2 is 1.71 bits per heavy atom. The van der Waals surface area contributed by atoms with E-state index in [1.54, 1.807) is 31.2 Å². The lowest BCUT2D eigenvalue weighted by Crippen LogP contribution is -2.19. The highest BCUT2D eigenvalue weighted by molar-refractivity contribution is 7.80. The van der Waals surface area contributed by atoms with Crippen LogP contribution in [0.15, 0.2) is 42.5 Å². The molecule has 5 N–H and O–H groups in total. The van der Waals surface area contributed by atoms with E-state index >= 15 is 0 Å². The van der Waals surface area contributed by atoms with Crippen LogP contribution < -0.4 is 16.4 Å². The maximum atomic E-state index is 9.54. The van der Waals surface area contributed by atoms with Gasteiger partial charge in [0.2, 0.25) is 0 Å². The SMILES string of the molecule is CC(O)c1ccc(NC(=S)Nc2ccc(N)cc2)cc1Cl. The molecule has 2 aromatic rings. The molecule has 0 amide bonds. The largest absolute Gasteiger partial charge is 0.399 e. The van der Waals surface area contributed by atoms with Crippen LogP contribution in [0.3, 0.4) is 0 Å². The van der Waals surface area contributed by atoms with Crippen LogP contribution in [0.5, 0.6) is 0 Å². The molecule has 2 aromatic carbocycles. The van der Waals surface area contributed by atoms with Gasteiger partial charge in [0.1, 0.15) is 0 Å². The number of hydrogen-bond donors (Lipinski definition) is 4. The number of nitrogen functional groups attached to an aromatic ring is 1. The highest BCUT2D eigenvalue weighted by atomic mass is 35.5. The molecule has 21 heavy (non-hydrogen) atoms. The minimum atomic E-state index is -0.605. The molecule has 4 nitrogen and oxygen atoms in total. The van der Waals surface area contributed by atoms with Crippen LogP contribution in [0.1, 0.15) is 18.6 Å². The molecule has 0 spiro atoms. The zero-order valence-corrected chi connectivity index (χ0v) is 13.0. The molecule has 0 saturated heterocycles. The van der Waals surface area contributed by atoms with Gasteiger partial charge >= 0.3 is 0 Å². The number of nitrogens with two attached hydrogens (primary N) is 1. The van der Waals surface area contributed by atoms with E-state index in [9.17, 15) is 5.11 Å². The molecule has 0 aliphatic heterocycles. The van der Waals surface area contributed by atoms with Gasteiger partial charge in [-0.1, -0.05) is 17.7 Å². The maximum Gasteiger partial charge on any atom is 0.175 e. The van der Waals surface area contributed by atoms with Gasteiger partial charge in [-0.3, -0.25) is 0 Å². The smallest absolute Gasteiger partial charge is 0.175 e. The maximum absolute atomic E-state index is 9.54. The van der Waals surface area contributed by atoms with E-state index < -0.39 is 6.10 Å². The van der Waals surface area contributed by atoms with Crippen molar-refractivity contribution in [3.8, 4) is 0 Å². The number of aliphatic hydroxyl groups excluding tert-OH is 1. The Labute approximate surface area is 133 Å². The molecule has 0 heterocycles. The first-order chi connectivity index (χ1) is 9.95. The Balaban J connectivity index is 2.02. The third-order valence-electron chi connectivity index (χ3n) is 2.88. The van der Waals surface area contributed by atoms with E-state index in [1.165, 1.54) is 0 Å². The van der Waals surface area contributed by atoms with Crippen LogP contribution in [-0.4, -0.2) is 10.2 Å². The number of anilines is 3. The lowest BCUT2D eigenvalue weighted by molar-refractivity contribution is 0.199. The van der Waals surface area contributed by atoms with Crippen molar-refractivity contribution >= 4 is 46.0 Å².